The molecule has 1 amide bonds. The molecule has 0 bridgehead atoms. The SMILES string of the molecule is Cc1cccc(CN2C[C@@H]3CN(c4ncc(F)cn4)C[C@@H]3C2=O)c1. The fourth-order valence-electron chi connectivity index (χ4n) is 3.75. The van der Waals surface area contributed by atoms with E-state index in [9.17, 15) is 9.18 Å². The van der Waals surface area contributed by atoms with Crippen molar-refractivity contribution in [1.29, 1.82) is 0 Å². The lowest BCUT2D eigenvalue weighted by atomic mass is 10.0. The van der Waals surface area contributed by atoms with Gasteiger partial charge in [0.15, 0.2) is 5.82 Å². The number of aryl methyl sites for hydroxylation is 1. The van der Waals surface area contributed by atoms with Gasteiger partial charge >= 0.3 is 0 Å². The molecule has 2 aromatic rings. The van der Waals surface area contributed by atoms with Gasteiger partial charge < -0.3 is 9.80 Å². The Morgan fingerprint density at radius 1 is 1.21 bits per heavy atom. The van der Waals surface area contributed by atoms with Crippen LogP contribution in [0.5, 0.6) is 0 Å². The Kier molecular flexibility index (Phi) is 3.67. The van der Waals surface area contributed by atoms with Crippen molar-refractivity contribution in [2.24, 2.45) is 11.8 Å². The number of aromatic nitrogens is 2. The summed E-state index contributed by atoms with van der Waals surface area (Å²) in [5, 5.41) is 0. The number of nitrogens with zero attached hydrogens (tertiary/aromatic N) is 4. The van der Waals surface area contributed by atoms with E-state index in [2.05, 4.69) is 35.1 Å². The third kappa shape index (κ3) is 2.72. The van der Waals surface area contributed by atoms with Crippen molar-refractivity contribution in [2.45, 2.75) is 13.5 Å². The van der Waals surface area contributed by atoms with Gasteiger partial charge in [-0.2, -0.15) is 0 Å². The predicted molar refractivity (Wildman–Crippen MR) is 87.8 cm³/mol. The quantitative estimate of drug-likeness (QED) is 0.866. The first-order chi connectivity index (χ1) is 11.6. The number of anilines is 1. The van der Waals surface area contributed by atoms with Gasteiger partial charge in [0.05, 0.1) is 18.3 Å². The van der Waals surface area contributed by atoms with Gasteiger partial charge in [-0.3, -0.25) is 4.79 Å². The van der Waals surface area contributed by atoms with Crippen molar-refractivity contribution < 1.29 is 9.18 Å². The number of amides is 1. The van der Waals surface area contributed by atoms with Crippen molar-refractivity contribution in [2.75, 3.05) is 24.5 Å². The summed E-state index contributed by atoms with van der Waals surface area (Å²) in [6, 6.07) is 8.28. The Labute approximate surface area is 140 Å². The minimum Gasteiger partial charge on any atom is -0.340 e. The van der Waals surface area contributed by atoms with Crippen molar-refractivity contribution in [3.8, 4) is 0 Å². The van der Waals surface area contributed by atoms with Crippen LogP contribution in [0.4, 0.5) is 10.3 Å². The van der Waals surface area contributed by atoms with Crippen LogP contribution in [-0.4, -0.2) is 40.4 Å². The number of benzene rings is 1. The number of hydrogen-bond acceptors (Lipinski definition) is 4. The van der Waals surface area contributed by atoms with Crippen LogP contribution in [0.25, 0.3) is 0 Å². The zero-order chi connectivity index (χ0) is 16.7. The molecule has 2 saturated heterocycles. The molecule has 1 aromatic carbocycles. The van der Waals surface area contributed by atoms with E-state index in [0.717, 1.165) is 13.1 Å². The lowest BCUT2D eigenvalue weighted by molar-refractivity contribution is -0.131. The summed E-state index contributed by atoms with van der Waals surface area (Å²) >= 11 is 0. The normalized spacial score (nSPS) is 23.0. The Bertz CT molecular complexity index is 764. The van der Waals surface area contributed by atoms with E-state index in [4.69, 9.17) is 0 Å². The fourth-order valence-corrected chi connectivity index (χ4v) is 3.75. The van der Waals surface area contributed by atoms with Crippen LogP contribution < -0.4 is 4.90 Å². The molecule has 0 aliphatic carbocycles. The van der Waals surface area contributed by atoms with Crippen LogP contribution in [0.15, 0.2) is 36.7 Å². The maximum atomic E-state index is 12.9. The zero-order valence-electron chi connectivity index (χ0n) is 13.5. The zero-order valence-corrected chi connectivity index (χ0v) is 13.5. The van der Waals surface area contributed by atoms with Gasteiger partial charge in [0.2, 0.25) is 11.9 Å². The lowest BCUT2D eigenvalue weighted by Crippen LogP contribution is -2.33. The van der Waals surface area contributed by atoms with Gasteiger partial charge in [-0.1, -0.05) is 29.8 Å². The molecule has 2 atom stereocenters. The van der Waals surface area contributed by atoms with Crippen LogP contribution >= 0.6 is 0 Å². The van der Waals surface area contributed by atoms with E-state index in [1.165, 1.54) is 23.5 Å². The molecule has 6 heteroatoms. The average molecular weight is 326 g/mol. The average Bonchev–Trinajstić information content (AvgIpc) is 3.09. The first kappa shape index (κ1) is 15.1. The first-order valence-electron chi connectivity index (χ1n) is 8.17. The van der Waals surface area contributed by atoms with E-state index < -0.39 is 5.82 Å². The molecule has 124 valence electrons. The molecule has 0 unspecified atom stereocenters. The highest BCUT2D eigenvalue weighted by Crippen LogP contribution is 2.34. The van der Waals surface area contributed by atoms with E-state index in [1.54, 1.807) is 0 Å². The molecule has 5 nitrogen and oxygen atoms in total. The summed E-state index contributed by atoms with van der Waals surface area (Å²) in [6.07, 6.45) is 2.34. The molecule has 0 N–H and O–H groups in total. The number of rotatable bonds is 3. The van der Waals surface area contributed by atoms with Crippen LogP contribution in [0.1, 0.15) is 11.1 Å². The summed E-state index contributed by atoms with van der Waals surface area (Å²) in [7, 11) is 0. The number of halogens is 1. The molecular formula is C18H19FN4O. The molecule has 0 radical (unpaired) electrons. The maximum Gasteiger partial charge on any atom is 0.228 e. The molecule has 24 heavy (non-hydrogen) atoms. The second-order valence-electron chi connectivity index (χ2n) is 6.68. The monoisotopic (exact) mass is 326 g/mol. The number of likely N-dealkylation sites (tertiary alicyclic amines) is 1. The van der Waals surface area contributed by atoms with Gasteiger partial charge in [0.1, 0.15) is 0 Å². The van der Waals surface area contributed by atoms with Crippen LogP contribution in [0.2, 0.25) is 0 Å². The van der Waals surface area contributed by atoms with Gasteiger partial charge in [-0.05, 0) is 12.5 Å². The van der Waals surface area contributed by atoms with Gasteiger partial charge in [-0.25, -0.2) is 14.4 Å². The summed E-state index contributed by atoms with van der Waals surface area (Å²) in [5.74, 6) is 0.535. The highest BCUT2D eigenvalue weighted by Gasteiger charge is 2.46. The lowest BCUT2D eigenvalue weighted by Gasteiger charge is -2.22. The minimum atomic E-state index is -0.446. The Morgan fingerprint density at radius 2 is 2.00 bits per heavy atom. The molecule has 0 saturated carbocycles. The van der Waals surface area contributed by atoms with Gasteiger partial charge in [0, 0.05) is 32.1 Å². The Morgan fingerprint density at radius 3 is 2.71 bits per heavy atom. The van der Waals surface area contributed by atoms with Crippen LogP contribution in [0, 0.1) is 24.6 Å². The molecule has 2 fully saturated rings. The molecule has 4 rings (SSSR count). The minimum absolute atomic E-state index is 0.0107. The molecular weight excluding hydrogens is 307 g/mol. The first-order valence-corrected chi connectivity index (χ1v) is 8.17. The number of carbonyl (C=O) groups is 1. The third-order valence-corrected chi connectivity index (χ3v) is 4.87. The number of fused-ring (bicyclic) bond motifs is 1. The summed E-state index contributed by atoms with van der Waals surface area (Å²) < 4.78 is 12.9. The number of carbonyl (C=O) groups excluding carboxylic acids is 1. The molecule has 2 aliphatic heterocycles. The van der Waals surface area contributed by atoms with Crippen molar-refractivity contribution >= 4 is 11.9 Å². The highest BCUT2D eigenvalue weighted by atomic mass is 19.1. The highest BCUT2D eigenvalue weighted by molar-refractivity contribution is 5.83. The van der Waals surface area contributed by atoms with Gasteiger partial charge in [-0.15, -0.1) is 0 Å². The Hall–Kier alpha value is -2.50. The van der Waals surface area contributed by atoms with E-state index >= 15 is 0 Å². The second kappa shape index (κ2) is 5.85. The van der Waals surface area contributed by atoms with Gasteiger partial charge in [0.25, 0.3) is 0 Å². The fraction of sp³-hybridized carbons (Fsp3) is 0.389. The maximum absolute atomic E-state index is 12.9. The molecule has 3 heterocycles. The predicted octanol–water partition coefficient (Wildman–Crippen LogP) is 2.02. The summed E-state index contributed by atoms with van der Waals surface area (Å²) in [6.45, 7) is 4.84. The summed E-state index contributed by atoms with van der Waals surface area (Å²) in [5.41, 5.74) is 2.38. The third-order valence-electron chi connectivity index (χ3n) is 4.87. The van der Waals surface area contributed by atoms with E-state index in [-0.39, 0.29) is 17.7 Å². The topological polar surface area (TPSA) is 49.3 Å². The largest absolute Gasteiger partial charge is 0.340 e. The van der Waals surface area contributed by atoms with Crippen LogP contribution in [0.3, 0.4) is 0 Å². The Balaban J connectivity index is 1.44. The second-order valence-corrected chi connectivity index (χ2v) is 6.68. The smallest absolute Gasteiger partial charge is 0.228 e. The van der Waals surface area contributed by atoms with E-state index in [0.29, 0.717) is 19.0 Å². The molecule has 2 aliphatic rings. The standard InChI is InChI=1S/C18H19FN4O/c1-12-3-2-4-13(5-12)8-22-9-14-10-23(11-16(14)17(22)24)18-20-6-15(19)7-21-18/h2-7,14,16H,8-11H2,1H3/t14-,16+/m1/s1. The van der Waals surface area contributed by atoms with Crippen molar-refractivity contribution in [3.63, 3.8) is 0 Å². The number of hydrogen-bond donors (Lipinski definition) is 0. The van der Waals surface area contributed by atoms with Crippen molar-refractivity contribution in [3.05, 3.63) is 53.6 Å². The summed E-state index contributed by atoms with van der Waals surface area (Å²) in [4.78, 5) is 24.7. The molecule has 0 spiro atoms. The van der Waals surface area contributed by atoms with Crippen LogP contribution in [-0.2, 0) is 11.3 Å². The van der Waals surface area contributed by atoms with Crippen molar-refractivity contribution in [1.82, 2.24) is 14.9 Å². The molecule has 1 aromatic heterocycles. The van der Waals surface area contributed by atoms with E-state index in [1.807, 2.05) is 15.9 Å².